The molecule has 0 atom stereocenters. The third-order valence-corrected chi connectivity index (χ3v) is 0.221. The molecule has 5 heteroatoms. The van der Waals surface area contributed by atoms with Crippen LogP contribution in [0.1, 0.15) is 0 Å². The summed E-state index contributed by atoms with van der Waals surface area (Å²) in [4.78, 5) is -0.264. The summed E-state index contributed by atoms with van der Waals surface area (Å²) in [6.45, 7) is -0.809. The second-order valence-corrected chi connectivity index (χ2v) is 0.583. The van der Waals surface area contributed by atoms with Gasteiger partial charge in [-0.2, -0.15) is 0 Å². The average Bonchev–Trinajstić information content (AvgIpc) is 1.65. The van der Waals surface area contributed by atoms with E-state index in [0.29, 0.717) is 0 Å². The number of hydrogen-bond acceptors (Lipinski definition) is 3. The first-order valence-electron chi connectivity index (χ1n) is 1.22. The second-order valence-electron chi connectivity index (χ2n) is 0.583. The molecule has 0 fully saturated rings. The highest BCUT2D eigenvalue weighted by molar-refractivity contribution is 3.89. The minimum absolute atomic E-state index is 0.264. The topological polar surface area (TPSA) is 78.9 Å². The maximum atomic E-state index is 9.43. The Balaban J connectivity index is 3.22. The molecule has 0 spiro atoms. The molecule has 36 valence electrons. The van der Waals surface area contributed by atoms with Crippen LogP contribution in [0.4, 0.5) is 0 Å². The van der Waals surface area contributed by atoms with Gasteiger partial charge in [0.1, 0.15) is 0 Å². The van der Waals surface area contributed by atoms with Crippen LogP contribution in [0.5, 0.6) is 0 Å². The molecule has 0 rings (SSSR count). The number of nitrogens with zero attached hydrogens (tertiary/aromatic N) is 2. The van der Waals surface area contributed by atoms with E-state index in [9.17, 15) is 5.21 Å². The molecule has 0 aliphatic heterocycles. The lowest BCUT2D eigenvalue weighted by Crippen LogP contribution is -1.99. The molecule has 0 aromatic carbocycles. The predicted octanol–water partition coefficient (Wildman–Crippen LogP) is -0.712. The number of hydrogen-bond donors (Lipinski definition) is 2. The fourth-order valence-electron chi connectivity index (χ4n) is 0.0283. The van der Waals surface area contributed by atoms with E-state index in [-0.39, 0.29) is 4.86 Å². The quantitative estimate of drug-likeness (QED) is 0.194. The maximum absolute atomic E-state index is 9.43. The zero-order valence-electron chi connectivity index (χ0n) is 2.90. The van der Waals surface area contributed by atoms with Crippen LogP contribution in [0.3, 0.4) is 0 Å². The second kappa shape index (κ2) is 2.40. The number of hydroxylamine groups is 1. The van der Waals surface area contributed by atoms with Crippen LogP contribution in [0.15, 0.2) is 5.28 Å². The molecule has 0 unspecified atom stereocenters. The van der Waals surface area contributed by atoms with Crippen LogP contribution in [-0.2, 0) is 0 Å². The first kappa shape index (κ1) is 5.16. The molecule has 0 aliphatic rings. The van der Waals surface area contributed by atoms with Crippen LogP contribution in [-0.4, -0.2) is 21.9 Å². The van der Waals surface area contributed by atoms with Crippen LogP contribution in [0, 0.1) is 5.21 Å². The van der Waals surface area contributed by atoms with Crippen molar-refractivity contribution in [2.24, 2.45) is 5.28 Å². The average molecular weight is 92.1 g/mol. The molecule has 0 aliphatic carbocycles. The van der Waals surface area contributed by atoms with E-state index in [1.54, 1.807) is 0 Å². The Bertz CT molecular complexity index is 59.8. The molecule has 0 aromatic heterocycles. The molecule has 0 saturated carbocycles. The SMILES string of the molecule is [O-]/[N+](CO)=N/O. The third-order valence-electron chi connectivity index (χ3n) is 0.221. The van der Waals surface area contributed by atoms with Crippen LogP contribution in [0.2, 0.25) is 0 Å². The van der Waals surface area contributed by atoms with Gasteiger partial charge >= 0.3 is 0 Å². The molecule has 0 amide bonds. The van der Waals surface area contributed by atoms with Crippen LogP contribution in [0.25, 0.3) is 0 Å². The minimum atomic E-state index is -0.809. The monoisotopic (exact) mass is 92.0 g/mol. The van der Waals surface area contributed by atoms with Crippen molar-refractivity contribution >= 4 is 0 Å². The van der Waals surface area contributed by atoms with Gasteiger partial charge in [-0.25, -0.2) is 0 Å². The zero-order valence-corrected chi connectivity index (χ0v) is 2.90. The van der Waals surface area contributed by atoms with Gasteiger partial charge in [0.15, 0.2) is 5.28 Å². The molecular weight excluding hydrogens is 88.0 g/mol. The van der Waals surface area contributed by atoms with Gasteiger partial charge < -0.3 is 15.5 Å². The summed E-state index contributed by atoms with van der Waals surface area (Å²) in [5.74, 6) is 0. The number of aliphatic hydroxyl groups excluding tert-OH is 1. The lowest BCUT2D eigenvalue weighted by Gasteiger charge is -1.86. The van der Waals surface area contributed by atoms with Crippen molar-refractivity contribution < 1.29 is 15.2 Å². The fourth-order valence-corrected chi connectivity index (χ4v) is 0.0283. The Morgan fingerprint density at radius 3 is 2.33 bits per heavy atom. The molecule has 5 nitrogen and oxygen atoms in total. The number of aliphatic hydroxyl groups is 1. The standard InChI is InChI=1S/CH4N2O3/c4-1-3(6)2-5/h4-5H,1H2/b3-2+. The van der Waals surface area contributed by atoms with E-state index in [2.05, 4.69) is 0 Å². The van der Waals surface area contributed by atoms with Gasteiger partial charge in [0, 0.05) is 0 Å². The lowest BCUT2D eigenvalue weighted by atomic mass is 11.3. The van der Waals surface area contributed by atoms with E-state index in [1.807, 2.05) is 5.28 Å². The van der Waals surface area contributed by atoms with E-state index in [4.69, 9.17) is 10.3 Å². The van der Waals surface area contributed by atoms with Crippen molar-refractivity contribution in [2.45, 2.75) is 0 Å². The van der Waals surface area contributed by atoms with E-state index >= 15 is 0 Å². The summed E-state index contributed by atoms with van der Waals surface area (Å²) in [6, 6.07) is 0. The number of rotatable bonds is 1. The highest BCUT2D eigenvalue weighted by Gasteiger charge is 1.80. The Hall–Kier alpha value is -0.840. The van der Waals surface area contributed by atoms with Gasteiger partial charge in [0.2, 0.25) is 0 Å². The fraction of sp³-hybridized carbons (Fsp3) is 1.00. The molecule has 2 N–H and O–H groups in total. The third kappa shape index (κ3) is 1.48. The highest BCUT2D eigenvalue weighted by atomic mass is 16.6. The minimum Gasteiger partial charge on any atom is -0.595 e. The molecular formula is CH4N2O3. The summed E-state index contributed by atoms with van der Waals surface area (Å²) in [7, 11) is 0. The molecule has 6 heavy (non-hydrogen) atoms. The summed E-state index contributed by atoms with van der Waals surface area (Å²) < 4.78 is 0. The Labute approximate surface area is 33.7 Å². The van der Waals surface area contributed by atoms with Crippen molar-refractivity contribution in [2.75, 3.05) is 6.73 Å². The van der Waals surface area contributed by atoms with Gasteiger partial charge in [0.05, 0.1) is 0 Å². The maximum Gasteiger partial charge on any atom is 0.285 e. The smallest absolute Gasteiger partial charge is 0.285 e. The molecule has 0 saturated heterocycles. The summed E-state index contributed by atoms with van der Waals surface area (Å²) in [6.07, 6.45) is 0. The van der Waals surface area contributed by atoms with Gasteiger partial charge in [-0.05, 0) is 4.86 Å². The van der Waals surface area contributed by atoms with Crippen LogP contribution < -0.4 is 0 Å². The van der Waals surface area contributed by atoms with Gasteiger partial charge in [-0.1, -0.05) is 0 Å². The molecule has 0 heterocycles. The first-order valence-corrected chi connectivity index (χ1v) is 1.22. The van der Waals surface area contributed by atoms with E-state index < -0.39 is 6.73 Å². The molecule has 0 bridgehead atoms. The van der Waals surface area contributed by atoms with Crippen molar-refractivity contribution in [3.05, 3.63) is 5.21 Å². The van der Waals surface area contributed by atoms with E-state index in [0.717, 1.165) is 0 Å². The molecule has 0 radical (unpaired) electrons. The normalized spacial score (nSPS) is 11.8. The lowest BCUT2D eigenvalue weighted by molar-refractivity contribution is -0.588. The zero-order chi connectivity index (χ0) is 4.99. The summed E-state index contributed by atoms with van der Waals surface area (Å²) >= 11 is 0. The Morgan fingerprint density at radius 2 is 2.33 bits per heavy atom. The van der Waals surface area contributed by atoms with Crippen molar-refractivity contribution in [3.8, 4) is 0 Å². The molecule has 0 aromatic rings. The van der Waals surface area contributed by atoms with Crippen molar-refractivity contribution in [1.82, 2.24) is 0 Å². The summed E-state index contributed by atoms with van der Waals surface area (Å²) in [5, 5.41) is 26.6. The van der Waals surface area contributed by atoms with E-state index in [1.165, 1.54) is 0 Å². The first-order chi connectivity index (χ1) is 2.81. The summed E-state index contributed by atoms with van der Waals surface area (Å²) in [5.41, 5.74) is 0. The van der Waals surface area contributed by atoms with Crippen molar-refractivity contribution in [3.63, 3.8) is 0 Å². The van der Waals surface area contributed by atoms with Crippen molar-refractivity contribution in [1.29, 1.82) is 0 Å². The largest absolute Gasteiger partial charge is 0.595 e. The Kier molecular flexibility index (Phi) is 2.06. The van der Waals surface area contributed by atoms with Gasteiger partial charge in [-0.15, -0.1) is 0 Å². The Morgan fingerprint density at radius 1 is 1.83 bits per heavy atom. The van der Waals surface area contributed by atoms with Gasteiger partial charge in [0.25, 0.3) is 6.73 Å². The van der Waals surface area contributed by atoms with Crippen LogP contribution >= 0.6 is 0 Å². The predicted molar refractivity (Wildman–Crippen MR) is 14.9 cm³/mol. The highest BCUT2D eigenvalue weighted by Crippen LogP contribution is 1.62. The van der Waals surface area contributed by atoms with Gasteiger partial charge in [-0.3, -0.25) is 0 Å².